The van der Waals surface area contributed by atoms with Gasteiger partial charge in [-0.15, -0.1) is 0 Å². The number of benzene rings is 1. The molecule has 0 aromatic heterocycles. The van der Waals surface area contributed by atoms with Gasteiger partial charge in [-0.05, 0) is 30.4 Å². The molecule has 0 atom stereocenters. The van der Waals surface area contributed by atoms with E-state index in [2.05, 4.69) is 10.5 Å². The molecule has 0 amide bonds. The van der Waals surface area contributed by atoms with Gasteiger partial charge in [0, 0.05) is 5.70 Å². The monoisotopic (exact) mass is 228 g/mol. The molecule has 0 saturated heterocycles. The Morgan fingerprint density at radius 3 is 2.71 bits per heavy atom. The number of para-hydroxylation sites is 2. The second kappa shape index (κ2) is 4.52. The first-order chi connectivity index (χ1) is 8.16. The Labute approximate surface area is 98.5 Å². The number of nitrogens with zero attached hydrogens (tertiary/aromatic N) is 1. The van der Waals surface area contributed by atoms with Gasteiger partial charge in [-0.3, -0.25) is 10.8 Å². The molecule has 1 aromatic rings. The Hall–Kier alpha value is -2.56. The zero-order chi connectivity index (χ0) is 12.3. The van der Waals surface area contributed by atoms with E-state index in [1.165, 1.54) is 6.08 Å². The lowest BCUT2D eigenvalue weighted by molar-refractivity contribution is 0.477. The topological polar surface area (TPSA) is 94.5 Å². The molecule has 0 unspecified atom stereocenters. The maximum atomic E-state index is 9.51. The number of anilines is 1. The molecule has 1 aliphatic rings. The van der Waals surface area contributed by atoms with Gasteiger partial charge in [0.2, 0.25) is 0 Å². The number of nitrogens with one attached hydrogen (secondary N) is 2. The van der Waals surface area contributed by atoms with Crippen molar-refractivity contribution in [2.45, 2.75) is 0 Å². The summed E-state index contributed by atoms with van der Waals surface area (Å²) in [5.41, 5.74) is 9.94. The van der Waals surface area contributed by atoms with E-state index in [1.54, 1.807) is 36.4 Å². The molecular formula is C12H12N4O. The molecule has 0 spiro atoms. The van der Waals surface area contributed by atoms with Crippen molar-refractivity contribution in [1.29, 1.82) is 5.41 Å². The number of phenolic OH excluding ortho intramolecular Hbond substituents is 1. The minimum absolute atomic E-state index is 0.109. The maximum absolute atomic E-state index is 9.51. The van der Waals surface area contributed by atoms with E-state index < -0.39 is 0 Å². The van der Waals surface area contributed by atoms with Crippen LogP contribution in [-0.4, -0.2) is 16.5 Å². The number of hydrogen-bond acceptors (Lipinski definition) is 5. The molecule has 0 fully saturated rings. The molecule has 5 nitrogen and oxygen atoms in total. The van der Waals surface area contributed by atoms with Crippen molar-refractivity contribution in [3.8, 4) is 5.75 Å². The molecular weight excluding hydrogens is 216 g/mol. The number of hydrogen-bond donors (Lipinski definition) is 4. The third-order valence-electron chi connectivity index (χ3n) is 2.22. The molecule has 17 heavy (non-hydrogen) atoms. The summed E-state index contributed by atoms with van der Waals surface area (Å²) in [7, 11) is 0. The molecule has 5 heteroatoms. The van der Waals surface area contributed by atoms with Crippen LogP contribution in [0.4, 0.5) is 5.69 Å². The first-order valence-electron chi connectivity index (χ1n) is 5.02. The van der Waals surface area contributed by atoms with E-state index in [1.807, 2.05) is 0 Å². The summed E-state index contributed by atoms with van der Waals surface area (Å²) in [6, 6.07) is 6.75. The van der Waals surface area contributed by atoms with Crippen LogP contribution in [0.3, 0.4) is 0 Å². The summed E-state index contributed by atoms with van der Waals surface area (Å²) in [5, 5.41) is 21.2. The highest BCUT2D eigenvalue weighted by Gasteiger charge is 2.07. The zero-order valence-corrected chi connectivity index (χ0v) is 9.01. The van der Waals surface area contributed by atoms with Crippen LogP contribution < -0.4 is 11.2 Å². The number of nitrogens with two attached hydrogens (primary N) is 1. The SMILES string of the molecule is N=C1C=C(N)C=C/C1=N/Nc1ccccc1O. The van der Waals surface area contributed by atoms with E-state index in [-0.39, 0.29) is 11.5 Å². The van der Waals surface area contributed by atoms with Gasteiger partial charge < -0.3 is 10.8 Å². The van der Waals surface area contributed by atoms with E-state index >= 15 is 0 Å². The third kappa shape index (κ3) is 2.52. The Balaban J connectivity index is 2.15. The van der Waals surface area contributed by atoms with Crippen molar-refractivity contribution < 1.29 is 5.11 Å². The predicted molar refractivity (Wildman–Crippen MR) is 68.3 cm³/mol. The lowest BCUT2D eigenvalue weighted by Gasteiger charge is -2.07. The van der Waals surface area contributed by atoms with Crippen molar-refractivity contribution in [2.75, 3.05) is 5.43 Å². The van der Waals surface area contributed by atoms with Crippen LogP contribution in [0.2, 0.25) is 0 Å². The van der Waals surface area contributed by atoms with Crippen molar-refractivity contribution in [1.82, 2.24) is 0 Å². The van der Waals surface area contributed by atoms with Crippen molar-refractivity contribution in [3.63, 3.8) is 0 Å². The van der Waals surface area contributed by atoms with Crippen molar-refractivity contribution in [3.05, 3.63) is 48.2 Å². The van der Waals surface area contributed by atoms with Gasteiger partial charge in [0.05, 0.1) is 11.4 Å². The summed E-state index contributed by atoms with van der Waals surface area (Å²) in [6.45, 7) is 0. The number of phenols is 1. The largest absolute Gasteiger partial charge is 0.506 e. The average Bonchev–Trinajstić information content (AvgIpc) is 2.30. The fourth-order valence-corrected chi connectivity index (χ4v) is 1.34. The minimum Gasteiger partial charge on any atom is -0.506 e. The molecule has 0 bridgehead atoms. The first kappa shape index (κ1) is 10.9. The second-order valence-electron chi connectivity index (χ2n) is 3.52. The van der Waals surface area contributed by atoms with Crippen LogP contribution in [0.1, 0.15) is 0 Å². The maximum Gasteiger partial charge on any atom is 0.140 e. The Morgan fingerprint density at radius 2 is 2.00 bits per heavy atom. The zero-order valence-electron chi connectivity index (χ0n) is 9.01. The molecule has 0 saturated carbocycles. The molecule has 5 N–H and O–H groups in total. The van der Waals surface area contributed by atoms with Gasteiger partial charge in [0.25, 0.3) is 0 Å². The van der Waals surface area contributed by atoms with Gasteiger partial charge in [-0.1, -0.05) is 12.1 Å². The van der Waals surface area contributed by atoms with Crippen LogP contribution in [0.15, 0.2) is 53.3 Å². The third-order valence-corrected chi connectivity index (χ3v) is 2.22. The molecule has 2 rings (SSSR count). The number of aromatic hydroxyl groups is 1. The Bertz CT molecular complexity index is 543. The standard InChI is InChI=1S/C12H12N4O/c13-8-5-6-10(9(14)7-8)15-16-11-3-1-2-4-12(11)17/h1-7,14,16-17H,13H2/b14-9?,15-10-. The van der Waals surface area contributed by atoms with Crippen LogP contribution in [0.25, 0.3) is 0 Å². The van der Waals surface area contributed by atoms with Crippen molar-refractivity contribution >= 4 is 17.1 Å². The predicted octanol–water partition coefficient (Wildman–Crippen LogP) is 1.59. The van der Waals surface area contributed by atoms with Crippen LogP contribution >= 0.6 is 0 Å². The van der Waals surface area contributed by atoms with E-state index in [0.29, 0.717) is 17.1 Å². The van der Waals surface area contributed by atoms with E-state index in [0.717, 1.165) is 0 Å². The van der Waals surface area contributed by atoms with Gasteiger partial charge in [-0.25, -0.2) is 0 Å². The Morgan fingerprint density at radius 1 is 1.24 bits per heavy atom. The molecule has 1 aromatic carbocycles. The smallest absolute Gasteiger partial charge is 0.140 e. The fraction of sp³-hybridized carbons (Fsp3) is 0. The van der Waals surface area contributed by atoms with Gasteiger partial charge in [-0.2, -0.15) is 5.10 Å². The molecule has 1 aliphatic carbocycles. The van der Waals surface area contributed by atoms with Gasteiger partial charge in [0.1, 0.15) is 11.5 Å². The van der Waals surface area contributed by atoms with Crippen LogP contribution in [0.5, 0.6) is 5.75 Å². The number of allylic oxidation sites excluding steroid dienone is 3. The summed E-state index contributed by atoms with van der Waals surface area (Å²) in [5.74, 6) is 0.109. The first-order valence-corrected chi connectivity index (χ1v) is 5.02. The summed E-state index contributed by atoms with van der Waals surface area (Å²) >= 11 is 0. The lowest BCUT2D eigenvalue weighted by Crippen LogP contribution is -2.16. The van der Waals surface area contributed by atoms with Gasteiger partial charge in [0.15, 0.2) is 0 Å². The highest BCUT2D eigenvalue weighted by Crippen LogP contribution is 2.21. The molecule has 0 aliphatic heterocycles. The average molecular weight is 228 g/mol. The van der Waals surface area contributed by atoms with Crippen LogP contribution in [-0.2, 0) is 0 Å². The minimum atomic E-state index is 0.109. The lowest BCUT2D eigenvalue weighted by atomic mass is 10.1. The summed E-state index contributed by atoms with van der Waals surface area (Å²) in [6.07, 6.45) is 4.83. The highest BCUT2D eigenvalue weighted by atomic mass is 16.3. The fourth-order valence-electron chi connectivity index (χ4n) is 1.34. The van der Waals surface area contributed by atoms with Crippen molar-refractivity contribution in [2.24, 2.45) is 10.8 Å². The molecule has 86 valence electrons. The molecule has 0 radical (unpaired) electrons. The molecule has 0 heterocycles. The summed E-state index contributed by atoms with van der Waals surface area (Å²) < 4.78 is 0. The van der Waals surface area contributed by atoms with Gasteiger partial charge >= 0.3 is 0 Å². The van der Waals surface area contributed by atoms with E-state index in [9.17, 15) is 5.11 Å². The van der Waals surface area contributed by atoms with Crippen LogP contribution in [0, 0.1) is 5.41 Å². The number of rotatable bonds is 2. The number of hydrazone groups is 1. The van der Waals surface area contributed by atoms with E-state index in [4.69, 9.17) is 11.1 Å². The quantitative estimate of drug-likeness (QED) is 0.351. The normalized spacial score (nSPS) is 17.1. The summed E-state index contributed by atoms with van der Waals surface area (Å²) in [4.78, 5) is 0. The Kier molecular flexibility index (Phi) is 2.91. The highest BCUT2D eigenvalue weighted by molar-refractivity contribution is 6.50. The second-order valence-corrected chi connectivity index (χ2v) is 3.52.